The molecule has 0 radical (unpaired) electrons. The fourth-order valence-electron chi connectivity index (χ4n) is 3.75. The number of urea groups is 2. The maximum absolute atomic E-state index is 13.8. The van der Waals surface area contributed by atoms with E-state index in [2.05, 4.69) is 16.0 Å². The fourth-order valence-corrected chi connectivity index (χ4v) is 3.75. The smallest absolute Gasteiger partial charge is 0.323 e. The second-order valence-electron chi connectivity index (χ2n) is 7.66. The van der Waals surface area contributed by atoms with Gasteiger partial charge in [0, 0.05) is 43.8 Å². The van der Waals surface area contributed by atoms with Gasteiger partial charge in [0.15, 0.2) is 0 Å². The fraction of sp³-hybridized carbons (Fsp3) is 0.208. The molecule has 170 valence electrons. The van der Waals surface area contributed by atoms with Gasteiger partial charge in [0.05, 0.1) is 5.69 Å². The molecule has 4 rings (SSSR count). The Morgan fingerprint density at radius 1 is 0.970 bits per heavy atom. The molecule has 0 unspecified atom stereocenters. The first-order chi connectivity index (χ1) is 15.9. The number of para-hydroxylation sites is 1. The molecule has 1 aromatic heterocycles. The summed E-state index contributed by atoms with van der Waals surface area (Å²) in [6, 6.07) is 11.9. The van der Waals surface area contributed by atoms with E-state index >= 15 is 0 Å². The summed E-state index contributed by atoms with van der Waals surface area (Å²) in [5.41, 5.74) is 2.48. The molecule has 0 fully saturated rings. The molecule has 1 aliphatic rings. The first kappa shape index (κ1) is 22.1. The SMILES string of the molecule is CCn1ccc(=O)c(NC(=O)N2CCc3c(cccc3NC(=O)Nc3ccccc3F)C2)c1. The number of aromatic nitrogens is 1. The Bertz CT molecular complexity index is 1260. The molecule has 0 bridgehead atoms. The maximum atomic E-state index is 13.8. The van der Waals surface area contributed by atoms with Crippen molar-refractivity contribution in [2.24, 2.45) is 0 Å². The number of hydrogen-bond acceptors (Lipinski definition) is 3. The van der Waals surface area contributed by atoms with Crippen LogP contribution in [0.1, 0.15) is 18.1 Å². The lowest BCUT2D eigenvalue weighted by atomic mass is 9.98. The summed E-state index contributed by atoms with van der Waals surface area (Å²) in [5.74, 6) is -0.520. The van der Waals surface area contributed by atoms with E-state index in [0.717, 1.165) is 11.1 Å². The molecule has 0 aliphatic carbocycles. The number of amides is 4. The number of fused-ring (bicyclic) bond motifs is 1. The van der Waals surface area contributed by atoms with Crippen molar-refractivity contribution in [3.63, 3.8) is 0 Å². The molecule has 33 heavy (non-hydrogen) atoms. The number of hydrogen-bond donors (Lipinski definition) is 3. The van der Waals surface area contributed by atoms with Crippen molar-refractivity contribution in [3.8, 4) is 0 Å². The van der Waals surface area contributed by atoms with Crippen LogP contribution in [0.25, 0.3) is 0 Å². The zero-order valence-electron chi connectivity index (χ0n) is 18.1. The molecule has 8 nitrogen and oxygen atoms in total. The second-order valence-corrected chi connectivity index (χ2v) is 7.66. The van der Waals surface area contributed by atoms with E-state index in [1.807, 2.05) is 17.6 Å². The summed E-state index contributed by atoms with van der Waals surface area (Å²) < 4.78 is 15.6. The lowest BCUT2D eigenvalue weighted by molar-refractivity contribution is 0.206. The van der Waals surface area contributed by atoms with E-state index in [1.165, 1.54) is 18.2 Å². The van der Waals surface area contributed by atoms with Gasteiger partial charge >= 0.3 is 12.1 Å². The molecule has 0 spiro atoms. The van der Waals surface area contributed by atoms with Gasteiger partial charge in [-0.25, -0.2) is 14.0 Å². The second kappa shape index (κ2) is 9.56. The normalized spacial score (nSPS) is 12.6. The molecular weight excluding hydrogens is 425 g/mol. The van der Waals surface area contributed by atoms with Gasteiger partial charge in [-0.2, -0.15) is 0 Å². The third-order valence-corrected chi connectivity index (χ3v) is 5.51. The number of aryl methyl sites for hydroxylation is 1. The molecule has 1 aliphatic heterocycles. The van der Waals surface area contributed by atoms with Crippen LogP contribution in [-0.2, 0) is 19.5 Å². The van der Waals surface area contributed by atoms with Crippen LogP contribution in [0, 0.1) is 5.82 Å². The number of nitrogens with one attached hydrogen (secondary N) is 3. The number of rotatable bonds is 4. The van der Waals surface area contributed by atoms with Gasteiger partial charge in [0.2, 0.25) is 5.43 Å². The van der Waals surface area contributed by atoms with Crippen LogP contribution in [0.3, 0.4) is 0 Å². The van der Waals surface area contributed by atoms with Gasteiger partial charge in [-0.3, -0.25) is 4.79 Å². The van der Waals surface area contributed by atoms with Crippen molar-refractivity contribution in [2.45, 2.75) is 26.4 Å². The lowest BCUT2D eigenvalue weighted by Gasteiger charge is -2.30. The molecule has 2 aromatic carbocycles. The summed E-state index contributed by atoms with van der Waals surface area (Å²) >= 11 is 0. The highest BCUT2D eigenvalue weighted by atomic mass is 19.1. The van der Waals surface area contributed by atoms with Crippen LogP contribution in [0.15, 0.2) is 65.7 Å². The summed E-state index contributed by atoms with van der Waals surface area (Å²) in [5, 5.41) is 7.98. The third-order valence-electron chi connectivity index (χ3n) is 5.51. The van der Waals surface area contributed by atoms with Crippen molar-refractivity contribution in [2.75, 3.05) is 22.5 Å². The molecule has 2 heterocycles. The van der Waals surface area contributed by atoms with Crippen LogP contribution >= 0.6 is 0 Å². The predicted octanol–water partition coefficient (Wildman–Crippen LogP) is 4.24. The van der Waals surface area contributed by atoms with Crippen molar-refractivity contribution in [3.05, 3.63) is 88.1 Å². The number of halogens is 1. The zero-order valence-corrected chi connectivity index (χ0v) is 18.1. The number of pyridine rings is 1. The van der Waals surface area contributed by atoms with Crippen LogP contribution in [-0.4, -0.2) is 28.1 Å². The quantitative estimate of drug-likeness (QED) is 0.556. The molecule has 3 aromatic rings. The maximum Gasteiger partial charge on any atom is 0.323 e. The third kappa shape index (κ3) is 5.03. The van der Waals surface area contributed by atoms with Gasteiger partial charge in [-0.05, 0) is 42.7 Å². The van der Waals surface area contributed by atoms with Crippen LogP contribution in [0.5, 0.6) is 0 Å². The molecule has 0 saturated heterocycles. The molecular formula is C24H24FN5O3. The highest BCUT2D eigenvalue weighted by molar-refractivity contribution is 6.00. The minimum absolute atomic E-state index is 0.0886. The standard InChI is InChI=1S/C24H24FN5O3/c1-2-29-12-11-22(31)21(15-29)28-24(33)30-13-10-17-16(14-30)6-5-9-19(17)26-23(32)27-20-8-4-3-7-18(20)25/h3-9,11-12,15H,2,10,13-14H2,1H3,(H,28,33)(H2,26,27,32). The lowest BCUT2D eigenvalue weighted by Crippen LogP contribution is -2.40. The summed E-state index contributed by atoms with van der Waals surface area (Å²) in [6.45, 7) is 3.38. The van der Waals surface area contributed by atoms with Gasteiger partial charge in [0.25, 0.3) is 0 Å². The summed E-state index contributed by atoms with van der Waals surface area (Å²) in [6.07, 6.45) is 3.81. The molecule has 9 heteroatoms. The Labute approximate surface area is 190 Å². The first-order valence-corrected chi connectivity index (χ1v) is 10.6. The van der Waals surface area contributed by atoms with Crippen LogP contribution in [0.2, 0.25) is 0 Å². The van der Waals surface area contributed by atoms with Gasteiger partial charge in [-0.15, -0.1) is 0 Å². The highest BCUT2D eigenvalue weighted by Gasteiger charge is 2.23. The zero-order chi connectivity index (χ0) is 23.4. The van der Waals surface area contributed by atoms with E-state index < -0.39 is 11.8 Å². The van der Waals surface area contributed by atoms with Crippen molar-refractivity contribution < 1.29 is 14.0 Å². The van der Waals surface area contributed by atoms with Crippen LogP contribution in [0.4, 0.5) is 31.0 Å². The molecule has 4 amide bonds. The van der Waals surface area contributed by atoms with Gasteiger partial charge in [0.1, 0.15) is 11.5 Å². The van der Waals surface area contributed by atoms with E-state index in [-0.39, 0.29) is 22.8 Å². The summed E-state index contributed by atoms with van der Waals surface area (Å²) in [7, 11) is 0. The number of benzene rings is 2. The Balaban J connectivity index is 1.44. The highest BCUT2D eigenvalue weighted by Crippen LogP contribution is 2.27. The number of anilines is 3. The van der Waals surface area contributed by atoms with Crippen molar-refractivity contribution >= 4 is 29.1 Å². The van der Waals surface area contributed by atoms with Crippen molar-refractivity contribution in [1.82, 2.24) is 9.47 Å². The monoisotopic (exact) mass is 449 g/mol. The Hall–Kier alpha value is -4.14. The van der Waals surface area contributed by atoms with Gasteiger partial charge < -0.3 is 25.4 Å². The van der Waals surface area contributed by atoms with Gasteiger partial charge in [-0.1, -0.05) is 24.3 Å². The Morgan fingerprint density at radius 3 is 2.52 bits per heavy atom. The Kier molecular flexibility index (Phi) is 6.39. The summed E-state index contributed by atoms with van der Waals surface area (Å²) in [4.78, 5) is 38.9. The number of carbonyl (C=O) groups excluding carboxylic acids is 2. The minimum Gasteiger partial charge on any atom is -0.352 e. The van der Waals surface area contributed by atoms with Crippen LogP contribution < -0.4 is 21.4 Å². The van der Waals surface area contributed by atoms with E-state index in [4.69, 9.17) is 0 Å². The topological polar surface area (TPSA) is 95.5 Å². The largest absolute Gasteiger partial charge is 0.352 e. The average Bonchev–Trinajstić information content (AvgIpc) is 2.81. The Morgan fingerprint density at radius 2 is 1.73 bits per heavy atom. The van der Waals surface area contributed by atoms with E-state index in [9.17, 15) is 18.8 Å². The number of nitrogens with zero attached hydrogens (tertiary/aromatic N) is 2. The molecule has 0 saturated carbocycles. The average molecular weight is 449 g/mol. The molecule has 3 N–H and O–H groups in total. The van der Waals surface area contributed by atoms with Crippen molar-refractivity contribution in [1.29, 1.82) is 0 Å². The minimum atomic E-state index is -0.551. The number of carbonyl (C=O) groups is 2. The van der Waals surface area contributed by atoms with E-state index in [1.54, 1.807) is 41.6 Å². The predicted molar refractivity (Wildman–Crippen MR) is 125 cm³/mol. The van der Waals surface area contributed by atoms with E-state index in [0.29, 0.717) is 31.7 Å². The molecule has 0 atom stereocenters. The first-order valence-electron chi connectivity index (χ1n) is 10.6.